The van der Waals surface area contributed by atoms with Gasteiger partial charge >= 0.3 is 6.09 Å². The standard InChI is InChI=1S/C30H42ClN3O4S/c1-9-16-34(28(36)24(15-17-39-8)32-29(37)38-30(5,6)7)26(22-14-13-19(2)21(4)18-22)27(35)33-25-20(3)11-10-12-23(25)31/h10-14,18,24,26H,9,15-17H2,1-8H3,(H,32,37)(H,33,35). The van der Waals surface area contributed by atoms with Gasteiger partial charge < -0.3 is 20.3 Å². The highest BCUT2D eigenvalue weighted by Crippen LogP contribution is 2.30. The summed E-state index contributed by atoms with van der Waals surface area (Å²) in [6.45, 7) is 13.4. The van der Waals surface area contributed by atoms with Crippen LogP contribution in [0.25, 0.3) is 0 Å². The Morgan fingerprint density at radius 2 is 1.74 bits per heavy atom. The number of nitrogens with one attached hydrogen (secondary N) is 2. The largest absolute Gasteiger partial charge is 0.444 e. The first kappa shape index (κ1) is 32.5. The van der Waals surface area contributed by atoms with E-state index in [1.807, 2.05) is 64.3 Å². The number of thioether (sulfide) groups is 1. The molecule has 0 bridgehead atoms. The van der Waals surface area contributed by atoms with E-state index in [4.69, 9.17) is 16.3 Å². The summed E-state index contributed by atoms with van der Waals surface area (Å²) in [5.74, 6) is -0.0750. The van der Waals surface area contributed by atoms with Crippen molar-refractivity contribution >= 4 is 47.0 Å². The van der Waals surface area contributed by atoms with Crippen molar-refractivity contribution in [1.82, 2.24) is 10.2 Å². The van der Waals surface area contributed by atoms with Crippen LogP contribution in [0.15, 0.2) is 36.4 Å². The highest BCUT2D eigenvalue weighted by atomic mass is 35.5. The third kappa shape index (κ3) is 9.46. The van der Waals surface area contributed by atoms with E-state index in [1.165, 1.54) is 0 Å². The lowest BCUT2D eigenvalue weighted by molar-refractivity contribution is -0.140. The number of aryl methyl sites for hydroxylation is 3. The Kier molecular flexibility index (Phi) is 12.2. The van der Waals surface area contributed by atoms with Crippen LogP contribution in [0.5, 0.6) is 0 Å². The molecule has 0 heterocycles. The van der Waals surface area contributed by atoms with Crippen molar-refractivity contribution in [3.8, 4) is 0 Å². The van der Waals surface area contributed by atoms with E-state index in [9.17, 15) is 14.4 Å². The normalized spacial score (nSPS) is 12.8. The summed E-state index contributed by atoms with van der Waals surface area (Å²) < 4.78 is 5.44. The van der Waals surface area contributed by atoms with E-state index < -0.39 is 23.8 Å². The molecule has 0 saturated carbocycles. The summed E-state index contributed by atoms with van der Waals surface area (Å²) in [6, 6.07) is 9.36. The van der Waals surface area contributed by atoms with Crippen LogP contribution in [0.3, 0.4) is 0 Å². The molecule has 0 spiro atoms. The minimum atomic E-state index is -0.940. The molecule has 0 aromatic heterocycles. The molecule has 3 amide bonds. The van der Waals surface area contributed by atoms with Crippen LogP contribution in [-0.2, 0) is 14.3 Å². The zero-order valence-corrected chi connectivity index (χ0v) is 25.9. The molecule has 0 aliphatic carbocycles. The van der Waals surface area contributed by atoms with Crippen LogP contribution < -0.4 is 10.6 Å². The van der Waals surface area contributed by atoms with Crippen LogP contribution in [0.4, 0.5) is 10.5 Å². The number of benzene rings is 2. The number of nitrogens with zero attached hydrogens (tertiary/aromatic N) is 1. The highest BCUT2D eigenvalue weighted by Gasteiger charge is 2.36. The van der Waals surface area contributed by atoms with Gasteiger partial charge in [0.15, 0.2) is 0 Å². The van der Waals surface area contributed by atoms with Gasteiger partial charge in [-0.15, -0.1) is 0 Å². The van der Waals surface area contributed by atoms with Crippen LogP contribution >= 0.6 is 23.4 Å². The van der Waals surface area contributed by atoms with Crippen LogP contribution in [0.1, 0.15) is 68.8 Å². The second-order valence-electron chi connectivity index (χ2n) is 10.7. The molecular weight excluding hydrogens is 534 g/mol. The summed E-state index contributed by atoms with van der Waals surface area (Å²) in [7, 11) is 0. The third-order valence-corrected chi connectivity index (χ3v) is 7.18. The average molecular weight is 576 g/mol. The van der Waals surface area contributed by atoms with Gasteiger partial charge in [-0.25, -0.2) is 4.79 Å². The molecule has 0 fully saturated rings. The van der Waals surface area contributed by atoms with Gasteiger partial charge in [-0.05, 0) is 94.7 Å². The number of hydrogen-bond acceptors (Lipinski definition) is 5. The minimum Gasteiger partial charge on any atom is -0.444 e. The van der Waals surface area contributed by atoms with Gasteiger partial charge in [0.05, 0.1) is 10.7 Å². The van der Waals surface area contributed by atoms with Gasteiger partial charge in [0.25, 0.3) is 5.91 Å². The Balaban J connectivity index is 2.56. The van der Waals surface area contributed by atoms with E-state index in [0.717, 1.165) is 16.7 Å². The fraction of sp³-hybridized carbons (Fsp3) is 0.500. The second-order valence-corrected chi connectivity index (χ2v) is 12.1. The quantitative estimate of drug-likeness (QED) is 0.306. The SMILES string of the molecule is CCCN(C(=O)C(CCSC)NC(=O)OC(C)(C)C)C(C(=O)Nc1c(C)cccc1Cl)c1ccc(C)c(C)c1. The first-order chi connectivity index (χ1) is 18.3. The number of carbonyl (C=O) groups is 3. The third-order valence-electron chi connectivity index (χ3n) is 6.22. The number of para-hydroxylation sites is 1. The van der Waals surface area contributed by atoms with Crippen molar-refractivity contribution < 1.29 is 19.1 Å². The maximum atomic E-state index is 14.1. The van der Waals surface area contributed by atoms with Crippen molar-refractivity contribution in [1.29, 1.82) is 0 Å². The second kappa shape index (κ2) is 14.6. The molecule has 9 heteroatoms. The number of alkyl carbamates (subject to hydrolysis) is 1. The van der Waals surface area contributed by atoms with Gasteiger partial charge in [-0.3, -0.25) is 9.59 Å². The van der Waals surface area contributed by atoms with Gasteiger partial charge in [-0.2, -0.15) is 11.8 Å². The number of halogens is 1. The van der Waals surface area contributed by atoms with Crippen LogP contribution in [0.2, 0.25) is 5.02 Å². The van der Waals surface area contributed by atoms with E-state index in [0.29, 0.717) is 41.4 Å². The summed E-state index contributed by atoms with van der Waals surface area (Å²) >= 11 is 8.01. The van der Waals surface area contributed by atoms with Crippen molar-refractivity contribution in [3.05, 3.63) is 63.7 Å². The number of rotatable bonds is 11. The number of anilines is 1. The summed E-state index contributed by atoms with van der Waals surface area (Å²) in [4.78, 5) is 42.4. The lowest BCUT2D eigenvalue weighted by Crippen LogP contribution is -2.52. The van der Waals surface area contributed by atoms with Crippen molar-refractivity contribution in [2.24, 2.45) is 0 Å². The van der Waals surface area contributed by atoms with Crippen LogP contribution in [-0.4, -0.2) is 53.0 Å². The van der Waals surface area contributed by atoms with Crippen molar-refractivity contribution in [2.75, 3.05) is 23.9 Å². The average Bonchev–Trinajstić information content (AvgIpc) is 2.84. The van der Waals surface area contributed by atoms with Crippen LogP contribution in [0, 0.1) is 20.8 Å². The Morgan fingerprint density at radius 3 is 2.31 bits per heavy atom. The number of ether oxygens (including phenoxy) is 1. The predicted molar refractivity (Wildman–Crippen MR) is 162 cm³/mol. The Morgan fingerprint density at radius 1 is 1.05 bits per heavy atom. The molecule has 2 rings (SSSR count). The number of hydrogen-bond donors (Lipinski definition) is 2. The maximum absolute atomic E-state index is 14.1. The van der Waals surface area contributed by atoms with Gasteiger partial charge in [0, 0.05) is 6.54 Å². The van der Waals surface area contributed by atoms with Crippen molar-refractivity contribution in [2.45, 2.75) is 79.0 Å². The first-order valence-corrected chi connectivity index (χ1v) is 15.0. The zero-order chi connectivity index (χ0) is 29.3. The Hall–Kier alpha value is -2.71. The monoisotopic (exact) mass is 575 g/mol. The Bertz CT molecular complexity index is 1150. The minimum absolute atomic E-state index is 0.317. The van der Waals surface area contributed by atoms with E-state index in [1.54, 1.807) is 43.5 Å². The highest BCUT2D eigenvalue weighted by molar-refractivity contribution is 7.98. The molecular formula is C30H42ClN3O4S. The van der Waals surface area contributed by atoms with Crippen molar-refractivity contribution in [3.63, 3.8) is 0 Å². The first-order valence-electron chi connectivity index (χ1n) is 13.2. The van der Waals surface area contributed by atoms with E-state index >= 15 is 0 Å². The lowest BCUT2D eigenvalue weighted by atomic mass is 9.97. The van der Waals surface area contributed by atoms with Gasteiger partial charge in [0.1, 0.15) is 17.7 Å². The lowest BCUT2D eigenvalue weighted by Gasteiger charge is -2.34. The van der Waals surface area contributed by atoms with Gasteiger partial charge in [-0.1, -0.05) is 48.9 Å². The Labute approximate surface area is 242 Å². The summed E-state index contributed by atoms with van der Waals surface area (Å²) in [6.07, 6.45) is 2.28. The molecule has 0 saturated heterocycles. The molecule has 39 heavy (non-hydrogen) atoms. The van der Waals surface area contributed by atoms with Gasteiger partial charge in [0.2, 0.25) is 5.91 Å². The zero-order valence-electron chi connectivity index (χ0n) is 24.3. The summed E-state index contributed by atoms with van der Waals surface area (Å²) in [5.41, 5.74) is 3.38. The molecule has 2 aromatic carbocycles. The van der Waals surface area contributed by atoms with E-state index in [2.05, 4.69) is 10.6 Å². The topological polar surface area (TPSA) is 87.7 Å². The molecule has 2 atom stereocenters. The maximum Gasteiger partial charge on any atom is 0.408 e. The fourth-order valence-electron chi connectivity index (χ4n) is 4.14. The fourth-order valence-corrected chi connectivity index (χ4v) is 4.88. The molecule has 214 valence electrons. The smallest absolute Gasteiger partial charge is 0.408 e. The molecule has 0 aliphatic heterocycles. The number of amides is 3. The molecule has 0 radical (unpaired) electrons. The van der Waals surface area contributed by atoms with E-state index in [-0.39, 0.29) is 11.8 Å². The molecule has 2 unspecified atom stereocenters. The molecule has 0 aliphatic rings. The number of carbonyl (C=O) groups excluding carboxylic acids is 3. The summed E-state index contributed by atoms with van der Waals surface area (Å²) in [5, 5.41) is 6.16. The molecule has 7 nitrogen and oxygen atoms in total. The predicted octanol–water partition coefficient (Wildman–Crippen LogP) is 6.83. The molecule has 2 aromatic rings. The molecule has 2 N–H and O–H groups in total.